The van der Waals surface area contributed by atoms with Crippen molar-refractivity contribution < 1.29 is 9.31 Å². The molecule has 1 aliphatic heterocycles. The van der Waals surface area contributed by atoms with Crippen molar-refractivity contribution in [3.05, 3.63) is 41.4 Å². The number of fused-ring (bicyclic) bond motifs is 3. The van der Waals surface area contributed by atoms with Crippen molar-refractivity contribution in [2.45, 2.75) is 38.9 Å². The summed E-state index contributed by atoms with van der Waals surface area (Å²) < 4.78 is 15.0. The maximum absolute atomic E-state index is 6.26. The molecule has 3 aromatic rings. The molecule has 4 rings (SSSR count). The highest BCUT2D eigenvalue weighted by Gasteiger charge is 2.52. The Morgan fingerprint density at radius 3 is 2.35 bits per heavy atom. The van der Waals surface area contributed by atoms with Gasteiger partial charge in [-0.15, -0.1) is 11.3 Å². The molecule has 1 aromatic heterocycles. The van der Waals surface area contributed by atoms with E-state index < -0.39 is 0 Å². The van der Waals surface area contributed by atoms with Gasteiger partial charge in [0.2, 0.25) is 0 Å². The van der Waals surface area contributed by atoms with Crippen LogP contribution in [-0.4, -0.2) is 18.3 Å². The van der Waals surface area contributed by atoms with Gasteiger partial charge in [0.15, 0.2) is 0 Å². The highest BCUT2D eigenvalue weighted by atomic mass is 35.5. The minimum absolute atomic E-state index is 0.344. The van der Waals surface area contributed by atoms with Crippen LogP contribution in [0.4, 0.5) is 0 Å². The summed E-state index contributed by atoms with van der Waals surface area (Å²) in [5.41, 5.74) is 0.391. The second-order valence-corrected chi connectivity index (χ2v) is 8.57. The van der Waals surface area contributed by atoms with Crippen LogP contribution in [0, 0.1) is 0 Å². The van der Waals surface area contributed by atoms with Crippen molar-refractivity contribution in [1.82, 2.24) is 0 Å². The van der Waals surface area contributed by atoms with Gasteiger partial charge < -0.3 is 9.31 Å². The molecule has 23 heavy (non-hydrogen) atoms. The van der Waals surface area contributed by atoms with E-state index in [1.165, 1.54) is 20.2 Å². The van der Waals surface area contributed by atoms with Crippen LogP contribution in [0.3, 0.4) is 0 Å². The fourth-order valence-corrected chi connectivity index (χ4v) is 4.29. The number of hydrogen-bond acceptors (Lipinski definition) is 3. The first-order chi connectivity index (χ1) is 10.8. The lowest BCUT2D eigenvalue weighted by molar-refractivity contribution is 0.00578. The monoisotopic (exact) mass is 344 g/mol. The van der Waals surface area contributed by atoms with Crippen LogP contribution in [0.1, 0.15) is 27.7 Å². The van der Waals surface area contributed by atoms with Gasteiger partial charge in [-0.1, -0.05) is 23.7 Å². The number of hydrogen-bond donors (Lipinski definition) is 0. The average molecular weight is 345 g/mol. The molecule has 0 amide bonds. The molecular weight excluding hydrogens is 327 g/mol. The van der Waals surface area contributed by atoms with Crippen molar-refractivity contribution in [2.75, 3.05) is 0 Å². The molecule has 2 heterocycles. The van der Waals surface area contributed by atoms with E-state index in [1.54, 1.807) is 11.3 Å². The van der Waals surface area contributed by atoms with E-state index in [0.29, 0.717) is 0 Å². The minimum Gasteiger partial charge on any atom is -0.399 e. The molecule has 0 N–H and O–H groups in total. The molecule has 0 spiro atoms. The SMILES string of the molecule is CC1(C)OB(c2cccc3sc4ccc(Cl)cc4c23)OC1(C)C. The van der Waals surface area contributed by atoms with Crippen LogP contribution in [0.5, 0.6) is 0 Å². The second kappa shape index (κ2) is 4.96. The van der Waals surface area contributed by atoms with Crippen LogP contribution in [-0.2, 0) is 9.31 Å². The zero-order chi connectivity index (χ0) is 16.4. The van der Waals surface area contributed by atoms with E-state index in [-0.39, 0.29) is 18.3 Å². The van der Waals surface area contributed by atoms with E-state index in [0.717, 1.165) is 10.5 Å². The molecule has 0 radical (unpaired) electrons. The largest absolute Gasteiger partial charge is 0.495 e. The third-order valence-corrected chi connectivity index (χ3v) is 6.37. The van der Waals surface area contributed by atoms with Crippen molar-refractivity contribution in [3.8, 4) is 0 Å². The van der Waals surface area contributed by atoms with Gasteiger partial charge in [-0.3, -0.25) is 0 Å². The lowest BCUT2D eigenvalue weighted by Crippen LogP contribution is -2.41. The van der Waals surface area contributed by atoms with E-state index in [4.69, 9.17) is 20.9 Å². The van der Waals surface area contributed by atoms with E-state index in [9.17, 15) is 0 Å². The lowest BCUT2D eigenvalue weighted by atomic mass is 9.76. The van der Waals surface area contributed by atoms with Gasteiger partial charge in [0.1, 0.15) is 0 Å². The predicted octanol–water partition coefficient (Wildman–Crippen LogP) is 5.01. The maximum Gasteiger partial charge on any atom is 0.495 e. The first-order valence-corrected chi connectivity index (χ1v) is 8.94. The molecule has 1 saturated heterocycles. The van der Waals surface area contributed by atoms with Gasteiger partial charge in [-0.2, -0.15) is 0 Å². The number of rotatable bonds is 1. The Kier molecular flexibility index (Phi) is 3.34. The standard InChI is InChI=1S/C18H18BClO2S/c1-17(2)18(3,4)22-19(21-17)13-6-5-7-15-16(13)12-10-11(20)8-9-14(12)23-15/h5-10H,1-4H3. The Morgan fingerprint density at radius 2 is 1.65 bits per heavy atom. The molecule has 2 aromatic carbocycles. The summed E-state index contributed by atoms with van der Waals surface area (Å²) in [6.45, 7) is 8.32. The van der Waals surface area contributed by atoms with E-state index in [2.05, 4.69) is 52.0 Å². The third kappa shape index (κ3) is 2.32. The summed E-state index contributed by atoms with van der Waals surface area (Å²) in [4.78, 5) is 0. The molecule has 2 nitrogen and oxygen atoms in total. The molecule has 0 aliphatic carbocycles. The van der Waals surface area contributed by atoms with Crippen LogP contribution < -0.4 is 5.46 Å². The zero-order valence-corrected chi connectivity index (χ0v) is 15.2. The van der Waals surface area contributed by atoms with E-state index in [1.807, 2.05) is 12.1 Å². The molecule has 0 saturated carbocycles. The molecule has 0 atom stereocenters. The highest BCUT2D eigenvalue weighted by molar-refractivity contribution is 7.26. The lowest BCUT2D eigenvalue weighted by Gasteiger charge is -2.32. The van der Waals surface area contributed by atoms with Gasteiger partial charge in [-0.05, 0) is 57.4 Å². The van der Waals surface area contributed by atoms with Crippen LogP contribution >= 0.6 is 22.9 Å². The van der Waals surface area contributed by atoms with Gasteiger partial charge in [0.25, 0.3) is 0 Å². The summed E-state index contributed by atoms with van der Waals surface area (Å²) in [5, 5.41) is 3.11. The average Bonchev–Trinajstić information content (AvgIpc) is 2.93. The summed E-state index contributed by atoms with van der Waals surface area (Å²) >= 11 is 7.99. The molecule has 5 heteroatoms. The molecule has 118 valence electrons. The Hall–Kier alpha value is -1.07. The van der Waals surface area contributed by atoms with Crippen molar-refractivity contribution in [3.63, 3.8) is 0 Å². The number of halogens is 1. The third-order valence-electron chi connectivity index (χ3n) is 5.00. The second-order valence-electron chi connectivity index (χ2n) is 7.05. The maximum atomic E-state index is 6.26. The molecular formula is C18H18BClO2S. The van der Waals surface area contributed by atoms with Gasteiger partial charge in [0, 0.05) is 25.2 Å². The number of benzene rings is 2. The van der Waals surface area contributed by atoms with Crippen molar-refractivity contribution in [2.24, 2.45) is 0 Å². The Morgan fingerprint density at radius 1 is 0.957 bits per heavy atom. The summed E-state index contributed by atoms with van der Waals surface area (Å²) in [6, 6.07) is 12.4. The van der Waals surface area contributed by atoms with Crippen LogP contribution in [0.15, 0.2) is 36.4 Å². The van der Waals surface area contributed by atoms with Crippen LogP contribution in [0.2, 0.25) is 5.02 Å². The Balaban J connectivity index is 1.94. The first-order valence-electron chi connectivity index (χ1n) is 7.75. The van der Waals surface area contributed by atoms with Crippen molar-refractivity contribution >= 4 is 55.7 Å². The highest BCUT2D eigenvalue weighted by Crippen LogP contribution is 2.39. The zero-order valence-electron chi connectivity index (χ0n) is 13.6. The smallest absolute Gasteiger partial charge is 0.399 e. The van der Waals surface area contributed by atoms with Crippen molar-refractivity contribution in [1.29, 1.82) is 0 Å². The fourth-order valence-electron chi connectivity index (χ4n) is 2.99. The topological polar surface area (TPSA) is 18.5 Å². The van der Waals surface area contributed by atoms with Gasteiger partial charge >= 0.3 is 7.12 Å². The molecule has 0 bridgehead atoms. The molecule has 0 unspecified atom stereocenters. The quantitative estimate of drug-likeness (QED) is 0.578. The Labute approximate surface area is 145 Å². The van der Waals surface area contributed by atoms with Gasteiger partial charge in [-0.25, -0.2) is 0 Å². The summed E-state index contributed by atoms with van der Waals surface area (Å²) in [6.07, 6.45) is 0. The predicted molar refractivity (Wildman–Crippen MR) is 100 cm³/mol. The minimum atomic E-state index is -0.361. The summed E-state index contributed by atoms with van der Waals surface area (Å²) in [5.74, 6) is 0. The van der Waals surface area contributed by atoms with E-state index >= 15 is 0 Å². The number of thiophene rings is 1. The Bertz CT molecular complexity index is 900. The van der Waals surface area contributed by atoms with Crippen LogP contribution in [0.25, 0.3) is 20.2 Å². The first kappa shape index (κ1) is 15.5. The van der Waals surface area contributed by atoms with Gasteiger partial charge in [0.05, 0.1) is 11.2 Å². The normalized spacial score (nSPS) is 19.8. The fraction of sp³-hybridized carbons (Fsp3) is 0.333. The summed E-state index contributed by atoms with van der Waals surface area (Å²) in [7, 11) is -0.361. The molecule has 1 fully saturated rings. The molecule has 1 aliphatic rings.